The van der Waals surface area contributed by atoms with Crippen molar-refractivity contribution in [3.8, 4) is 11.1 Å². The lowest BCUT2D eigenvalue weighted by Crippen LogP contribution is -2.13. The molecule has 0 nitrogen and oxygen atoms in total. The first-order chi connectivity index (χ1) is 11.1. The molecule has 0 aliphatic heterocycles. The van der Waals surface area contributed by atoms with Gasteiger partial charge >= 0.3 is 0 Å². The van der Waals surface area contributed by atoms with Gasteiger partial charge in [-0.3, -0.25) is 0 Å². The zero-order valence-corrected chi connectivity index (χ0v) is 18.8. The van der Waals surface area contributed by atoms with Gasteiger partial charge in [0.25, 0.3) is 0 Å². The second-order valence-electron chi connectivity index (χ2n) is 8.51. The van der Waals surface area contributed by atoms with E-state index in [1.165, 1.54) is 33.4 Å². The highest BCUT2D eigenvalue weighted by atomic mass is 79.9. The molecule has 0 saturated carbocycles. The Kier molecular flexibility index (Phi) is 6.03. The lowest BCUT2D eigenvalue weighted by atomic mass is 9.81. The van der Waals surface area contributed by atoms with Crippen molar-refractivity contribution in [2.45, 2.75) is 63.0 Å². The number of rotatable bonds is 3. The Hall–Kier alpha value is -0.600. The fraction of sp³-hybridized carbons (Fsp3) is 0.455. The molecule has 0 aliphatic carbocycles. The third kappa shape index (κ3) is 4.32. The molecule has 0 radical (unpaired) electrons. The van der Waals surface area contributed by atoms with Crippen LogP contribution in [0.15, 0.2) is 36.4 Å². The second-order valence-corrected chi connectivity index (χ2v) is 9.63. The average Bonchev–Trinajstić information content (AvgIpc) is 2.51. The molecule has 0 aromatic heterocycles. The van der Waals surface area contributed by atoms with Crippen LogP contribution < -0.4 is 0 Å². The Bertz CT molecular complexity index is 652. The summed E-state index contributed by atoms with van der Waals surface area (Å²) in [6.07, 6.45) is 0. The molecule has 2 aromatic carbocycles. The van der Waals surface area contributed by atoms with E-state index in [0.29, 0.717) is 0 Å². The molecule has 24 heavy (non-hydrogen) atoms. The van der Waals surface area contributed by atoms with E-state index in [1.54, 1.807) is 0 Å². The normalized spacial score (nSPS) is 12.5. The molecule has 2 heteroatoms. The van der Waals surface area contributed by atoms with Gasteiger partial charge in [0, 0.05) is 10.7 Å². The van der Waals surface area contributed by atoms with Gasteiger partial charge < -0.3 is 0 Å². The Balaban J connectivity index is 2.73. The Morgan fingerprint density at radius 3 is 1.21 bits per heavy atom. The van der Waals surface area contributed by atoms with Gasteiger partial charge in [-0.15, -0.1) is 0 Å². The van der Waals surface area contributed by atoms with Gasteiger partial charge in [0.2, 0.25) is 0 Å². The molecule has 0 spiro atoms. The molecular weight excluding hydrogens is 424 g/mol. The van der Waals surface area contributed by atoms with Crippen molar-refractivity contribution in [1.82, 2.24) is 0 Å². The maximum atomic E-state index is 3.67. The first kappa shape index (κ1) is 19.7. The highest BCUT2D eigenvalue weighted by Gasteiger charge is 2.20. The van der Waals surface area contributed by atoms with Gasteiger partial charge in [-0.1, -0.05) is 110 Å². The van der Waals surface area contributed by atoms with Gasteiger partial charge in [-0.05, 0) is 44.2 Å². The maximum Gasteiger partial charge on any atom is 0.0289 e. The van der Waals surface area contributed by atoms with Crippen molar-refractivity contribution in [3.05, 3.63) is 58.7 Å². The van der Waals surface area contributed by atoms with Gasteiger partial charge in [0.1, 0.15) is 0 Å². The predicted octanol–water partition coefficient (Wildman–Crippen LogP) is 7.74. The Morgan fingerprint density at radius 1 is 0.625 bits per heavy atom. The minimum atomic E-state index is 0.149. The number of benzene rings is 2. The third-order valence-corrected chi connectivity index (χ3v) is 5.74. The van der Waals surface area contributed by atoms with Crippen LogP contribution in [0.4, 0.5) is 0 Å². The van der Waals surface area contributed by atoms with Crippen molar-refractivity contribution in [3.63, 3.8) is 0 Å². The predicted molar refractivity (Wildman–Crippen MR) is 115 cm³/mol. The first-order valence-electron chi connectivity index (χ1n) is 8.47. The second kappa shape index (κ2) is 7.33. The largest absolute Gasteiger partial charge is 0.0876 e. The Morgan fingerprint density at radius 2 is 0.958 bits per heavy atom. The molecule has 0 heterocycles. The zero-order chi connectivity index (χ0) is 18.1. The molecule has 0 aliphatic rings. The van der Waals surface area contributed by atoms with Crippen molar-refractivity contribution in [2.75, 3.05) is 0 Å². The van der Waals surface area contributed by atoms with Crippen LogP contribution in [-0.2, 0) is 21.5 Å². The first-order valence-corrected chi connectivity index (χ1v) is 10.7. The number of hydrogen-bond donors (Lipinski definition) is 0. The minimum Gasteiger partial charge on any atom is -0.0876 e. The van der Waals surface area contributed by atoms with Crippen LogP contribution in [0.25, 0.3) is 11.1 Å². The topological polar surface area (TPSA) is 0 Å². The Labute approximate surface area is 164 Å². The summed E-state index contributed by atoms with van der Waals surface area (Å²) in [6, 6.07) is 13.8. The fourth-order valence-electron chi connectivity index (χ4n) is 2.82. The molecule has 0 saturated heterocycles. The van der Waals surface area contributed by atoms with Crippen LogP contribution in [0.3, 0.4) is 0 Å². The summed E-state index contributed by atoms with van der Waals surface area (Å²) >= 11 is 7.35. The summed E-state index contributed by atoms with van der Waals surface area (Å²) in [5.74, 6) is 0. The molecule has 0 unspecified atom stereocenters. The van der Waals surface area contributed by atoms with Crippen molar-refractivity contribution >= 4 is 31.9 Å². The summed E-state index contributed by atoms with van der Waals surface area (Å²) in [5, 5.41) is 1.74. The van der Waals surface area contributed by atoms with Crippen LogP contribution >= 0.6 is 31.9 Å². The molecule has 0 amide bonds. The van der Waals surface area contributed by atoms with E-state index < -0.39 is 0 Å². The number of hydrogen-bond acceptors (Lipinski definition) is 0. The third-order valence-electron chi connectivity index (χ3n) is 4.53. The molecule has 2 rings (SSSR count). The van der Waals surface area contributed by atoms with Crippen molar-refractivity contribution in [1.29, 1.82) is 0 Å². The summed E-state index contributed by atoms with van der Waals surface area (Å²) in [6.45, 7) is 13.6. The van der Waals surface area contributed by atoms with E-state index in [4.69, 9.17) is 0 Å². The quantitative estimate of drug-likeness (QED) is 0.418. The summed E-state index contributed by atoms with van der Waals surface area (Å²) in [7, 11) is 0. The smallest absolute Gasteiger partial charge is 0.0289 e. The molecule has 0 fully saturated rings. The molecule has 130 valence electrons. The van der Waals surface area contributed by atoms with Crippen molar-refractivity contribution < 1.29 is 0 Å². The zero-order valence-electron chi connectivity index (χ0n) is 15.6. The minimum absolute atomic E-state index is 0.149. The van der Waals surface area contributed by atoms with E-state index in [0.717, 1.165) is 10.7 Å². The summed E-state index contributed by atoms with van der Waals surface area (Å²) in [4.78, 5) is 0. The van der Waals surface area contributed by atoms with Crippen LogP contribution in [0.1, 0.15) is 63.8 Å². The molecule has 0 atom stereocenters. The lowest BCUT2D eigenvalue weighted by Gasteiger charge is -2.24. The van der Waals surface area contributed by atoms with Crippen LogP contribution in [-0.4, -0.2) is 0 Å². The maximum absolute atomic E-state index is 3.67. The lowest BCUT2D eigenvalue weighted by molar-refractivity contribution is 0.589. The van der Waals surface area contributed by atoms with Crippen molar-refractivity contribution in [2.24, 2.45) is 0 Å². The van der Waals surface area contributed by atoms with Gasteiger partial charge in [-0.2, -0.15) is 0 Å². The number of halogens is 2. The fourth-order valence-corrected chi connectivity index (χ4v) is 3.80. The van der Waals surface area contributed by atoms with Crippen LogP contribution in [0.5, 0.6) is 0 Å². The molecular formula is C22H28Br2. The van der Waals surface area contributed by atoms with E-state index in [1.807, 2.05) is 0 Å². The standard InChI is InChI=1S/C22H28Br2/c1-21(2,3)17-9-7-15(13-23)19(11-17)20-12-18(22(4,5)6)10-8-16(20)14-24/h7-12H,13-14H2,1-6H3. The SMILES string of the molecule is CC(C)(C)c1ccc(CBr)c(-c2cc(C(C)(C)C)ccc2CBr)c1. The molecule has 0 N–H and O–H groups in total. The van der Waals surface area contributed by atoms with Gasteiger partial charge in [0.15, 0.2) is 0 Å². The van der Waals surface area contributed by atoms with E-state index >= 15 is 0 Å². The van der Waals surface area contributed by atoms with E-state index in [9.17, 15) is 0 Å². The molecule has 2 aromatic rings. The van der Waals surface area contributed by atoms with Crippen LogP contribution in [0, 0.1) is 0 Å². The highest BCUT2D eigenvalue weighted by molar-refractivity contribution is 9.08. The average molecular weight is 452 g/mol. The van der Waals surface area contributed by atoms with Gasteiger partial charge in [-0.25, -0.2) is 0 Å². The van der Waals surface area contributed by atoms with E-state index in [-0.39, 0.29) is 10.8 Å². The summed E-state index contributed by atoms with van der Waals surface area (Å²) in [5.41, 5.74) is 8.44. The number of alkyl halides is 2. The molecule has 0 bridgehead atoms. The van der Waals surface area contributed by atoms with E-state index in [2.05, 4.69) is 110 Å². The highest BCUT2D eigenvalue weighted by Crippen LogP contribution is 2.36. The monoisotopic (exact) mass is 450 g/mol. The van der Waals surface area contributed by atoms with Gasteiger partial charge in [0.05, 0.1) is 0 Å². The van der Waals surface area contributed by atoms with Crippen LogP contribution in [0.2, 0.25) is 0 Å². The summed E-state index contributed by atoms with van der Waals surface area (Å²) < 4.78 is 0.